The van der Waals surface area contributed by atoms with Crippen LogP contribution in [-0.2, 0) is 5.75 Å². The van der Waals surface area contributed by atoms with Crippen LogP contribution in [0.4, 0.5) is 0 Å². The minimum absolute atomic E-state index is 0.0183. The number of nitrogens with one attached hydrogen (secondary N) is 2. The lowest BCUT2D eigenvalue weighted by Gasteiger charge is -2.08. The van der Waals surface area contributed by atoms with E-state index in [9.17, 15) is 4.79 Å². The number of carbonyl (C=O) groups is 1. The summed E-state index contributed by atoms with van der Waals surface area (Å²) in [5.41, 5.74) is 6.93. The maximum Gasteiger partial charge on any atom is 0.251 e. The molecule has 0 aliphatic heterocycles. The quantitative estimate of drug-likeness (QED) is 0.549. The van der Waals surface area contributed by atoms with E-state index in [0.29, 0.717) is 22.4 Å². The van der Waals surface area contributed by atoms with E-state index in [4.69, 9.17) is 16.4 Å². The van der Waals surface area contributed by atoms with Crippen LogP contribution in [0.5, 0.6) is 0 Å². The molecule has 4 N–H and O–H groups in total. The van der Waals surface area contributed by atoms with Crippen LogP contribution in [0.3, 0.4) is 0 Å². The summed E-state index contributed by atoms with van der Waals surface area (Å²) in [6.45, 7) is 0. The summed E-state index contributed by atoms with van der Waals surface area (Å²) in [6.07, 6.45) is 0. The fraction of sp³-hybridized carbons (Fsp3) is 0.182. The normalized spacial score (nSPS) is 9.41. The molecule has 0 saturated heterocycles. The lowest BCUT2D eigenvalue weighted by Crippen LogP contribution is -2.19. The summed E-state index contributed by atoms with van der Waals surface area (Å²) in [6, 6.07) is 6.85. The lowest BCUT2D eigenvalue weighted by atomic mass is 10.1. The minimum Gasteiger partial charge on any atom is -0.379 e. The lowest BCUT2D eigenvalue weighted by molar-refractivity contribution is 0.0962. The largest absolute Gasteiger partial charge is 0.379 e. The number of amidine groups is 1. The van der Waals surface area contributed by atoms with Crippen molar-refractivity contribution in [2.45, 2.75) is 5.75 Å². The van der Waals surface area contributed by atoms with Gasteiger partial charge in [0.15, 0.2) is 5.17 Å². The Morgan fingerprint density at radius 1 is 1.65 bits per heavy atom. The van der Waals surface area contributed by atoms with Crippen molar-refractivity contribution in [3.8, 4) is 6.07 Å². The summed E-state index contributed by atoms with van der Waals surface area (Å²) >= 11 is 1.12. The van der Waals surface area contributed by atoms with Gasteiger partial charge in [-0.05, 0) is 23.8 Å². The van der Waals surface area contributed by atoms with Crippen molar-refractivity contribution in [2.24, 2.45) is 5.73 Å². The van der Waals surface area contributed by atoms with E-state index < -0.39 is 0 Å². The zero-order chi connectivity index (χ0) is 12.8. The monoisotopic (exact) mass is 248 g/mol. The average Bonchev–Trinajstić information content (AvgIpc) is 2.34. The Labute approximate surface area is 104 Å². The van der Waals surface area contributed by atoms with Crippen LogP contribution in [0.25, 0.3) is 0 Å². The zero-order valence-electron chi connectivity index (χ0n) is 9.28. The van der Waals surface area contributed by atoms with Crippen molar-refractivity contribution in [3.05, 3.63) is 34.9 Å². The number of thioether (sulfide) groups is 1. The molecule has 0 aliphatic rings. The molecule has 88 valence electrons. The number of rotatable bonds is 3. The van der Waals surface area contributed by atoms with Gasteiger partial charge < -0.3 is 11.1 Å². The summed E-state index contributed by atoms with van der Waals surface area (Å²) in [5, 5.41) is 18.5. The van der Waals surface area contributed by atoms with Crippen LogP contribution in [0.2, 0.25) is 0 Å². The Kier molecular flexibility index (Phi) is 4.55. The molecule has 0 fully saturated rings. The molecule has 1 aromatic carbocycles. The first-order chi connectivity index (χ1) is 8.08. The molecule has 0 saturated carbocycles. The SMILES string of the molecule is CNC(=O)c1ccc(C#N)cc1CSC(=N)N. The Morgan fingerprint density at radius 3 is 2.88 bits per heavy atom. The maximum atomic E-state index is 11.6. The van der Waals surface area contributed by atoms with E-state index in [2.05, 4.69) is 5.32 Å². The molecule has 0 atom stereocenters. The second-order valence-electron chi connectivity index (χ2n) is 3.22. The van der Waals surface area contributed by atoms with Crippen molar-refractivity contribution in [3.63, 3.8) is 0 Å². The molecule has 0 heterocycles. The Hall–Kier alpha value is -2.00. The van der Waals surface area contributed by atoms with Crippen LogP contribution >= 0.6 is 11.8 Å². The van der Waals surface area contributed by atoms with Crippen molar-refractivity contribution in [1.82, 2.24) is 5.32 Å². The number of carbonyl (C=O) groups excluding carboxylic acids is 1. The van der Waals surface area contributed by atoms with Gasteiger partial charge in [0, 0.05) is 18.4 Å². The van der Waals surface area contributed by atoms with Crippen LogP contribution in [0.1, 0.15) is 21.5 Å². The number of nitrogens with two attached hydrogens (primary N) is 1. The van der Waals surface area contributed by atoms with Gasteiger partial charge in [-0.2, -0.15) is 5.26 Å². The van der Waals surface area contributed by atoms with E-state index in [1.54, 1.807) is 25.2 Å². The Morgan fingerprint density at radius 2 is 2.35 bits per heavy atom. The van der Waals surface area contributed by atoms with E-state index >= 15 is 0 Å². The van der Waals surface area contributed by atoms with E-state index in [1.165, 1.54) is 0 Å². The van der Waals surface area contributed by atoms with Gasteiger partial charge in [0.05, 0.1) is 11.6 Å². The summed E-state index contributed by atoms with van der Waals surface area (Å²) in [7, 11) is 1.54. The van der Waals surface area contributed by atoms with E-state index in [0.717, 1.165) is 11.8 Å². The number of hydrogen-bond acceptors (Lipinski definition) is 4. The molecular formula is C11H12N4OS. The molecule has 1 amide bonds. The number of benzene rings is 1. The molecule has 5 nitrogen and oxygen atoms in total. The molecule has 17 heavy (non-hydrogen) atoms. The van der Waals surface area contributed by atoms with Crippen LogP contribution in [0.15, 0.2) is 18.2 Å². The van der Waals surface area contributed by atoms with Gasteiger partial charge in [-0.15, -0.1) is 0 Å². The minimum atomic E-state index is -0.214. The molecule has 1 aromatic rings. The maximum absolute atomic E-state index is 11.6. The van der Waals surface area contributed by atoms with Crippen LogP contribution in [0, 0.1) is 16.7 Å². The highest BCUT2D eigenvalue weighted by Crippen LogP contribution is 2.18. The molecule has 1 rings (SSSR count). The van der Waals surface area contributed by atoms with Gasteiger partial charge >= 0.3 is 0 Å². The molecule has 0 radical (unpaired) electrons. The molecule has 0 aliphatic carbocycles. The molecular weight excluding hydrogens is 236 g/mol. The van der Waals surface area contributed by atoms with E-state index in [-0.39, 0.29) is 11.1 Å². The summed E-state index contributed by atoms with van der Waals surface area (Å²) in [5.74, 6) is 0.182. The first kappa shape index (κ1) is 13.1. The van der Waals surface area contributed by atoms with Gasteiger partial charge in [-0.3, -0.25) is 10.2 Å². The van der Waals surface area contributed by atoms with Crippen molar-refractivity contribution in [2.75, 3.05) is 7.05 Å². The van der Waals surface area contributed by atoms with Gasteiger partial charge in [-0.25, -0.2) is 0 Å². The van der Waals surface area contributed by atoms with Crippen molar-refractivity contribution in [1.29, 1.82) is 10.7 Å². The summed E-state index contributed by atoms with van der Waals surface area (Å²) in [4.78, 5) is 11.6. The van der Waals surface area contributed by atoms with Gasteiger partial charge in [0.25, 0.3) is 5.91 Å². The first-order valence-electron chi connectivity index (χ1n) is 4.80. The number of amides is 1. The second-order valence-corrected chi connectivity index (χ2v) is 4.23. The highest BCUT2D eigenvalue weighted by atomic mass is 32.2. The van der Waals surface area contributed by atoms with Crippen LogP contribution in [-0.4, -0.2) is 18.1 Å². The third-order valence-electron chi connectivity index (χ3n) is 2.09. The topological polar surface area (TPSA) is 103 Å². The Balaban J connectivity index is 3.08. The fourth-order valence-corrected chi connectivity index (χ4v) is 1.84. The third-order valence-corrected chi connectivity index (χ3v) is 2.86. The summed E-state index contributed by atoms with van der Waals surface area (Å²) < 4.78 is 0. The zero-order valence-corrected chi connectivity index (χ0v) is 10.1. The van der Waals surface area contributed by atoms with Gasteiger partial charge in [0.1, 0.15) is 0 Å². The van der Waals surface area contributed by atoms with Crippen LogP contribution < -0.4 is 11.1 Å². The standard InChI is InChI=1S/C11H12N4OS/c1-15-10(16)9-3-2-7(5-12)4-8(9)6-17-11(13)14/h2-4H,6H2,1H3,(H3,13,14)(H,15,16). The average molecular weight is 248 g/mol. The molecule has 0 unspecified atom stereocenters. The fourth-order valence-electron chi connectivity index (χ4n) is 1.29. The molecule has 0 aromatic heterocycles. The van der Waals surface area contributed by atoms with Crippen molar-refractivity contribution >= 4 is 22.8 Å². The molecule has 0 spiro atoms. The highest BCUT2D eigenvalue weighted by molar-refractivity contribution is 8.13. The van der Waals surface area contributed by atoms with E-state index in [1.807, 2.05) is 6.07 Å². The second kappa shape index (κ2) is 5.92. The Bertz CT molecular complexity index is 493. The molecule has 6 heteroatoms. The van der Waals surface area contributed by atoms with Gasteiger partial charge in [0.2, 0.25) is 0 Å². The number of nitriles is 1. The van der Waals surface area contributed by atoms with Gasteiger partial charge in [-0.1, -0.05) is 11.8 Å². The smallest absolute Gasteiger partial charge is 0.251 e. The highest BCUT2D eigenvalue weighted by Gasteiger charge is 2.11. The molecule has 0 bridgehead atoms. The van der Waals surface area contributed by atoms with Crippen molar-refractivity contribution < 1.29 is 4.79 Å². The predicted octanol–water partition coefficient (Wildman–Crippen LogP) is 1.04. The predicted molar refractivity (Wildman–Crippen MR) is 67.8 cm³/mol. The number of hydrogen-bond donors (Lipinski definition) is 3. The number of nitrogens with zero attached hydrogens (tertiary/aromatic N) is 1. The third kappa shape index (κ3) is 3.50. The first-order valence-corrected chi connectivity index (χ1v) is 5.79.